The Bertz CT molecular complexity index is 918. The zero-order valence-electron chi connectivity index (χ0n) is 16.1. The van der Waals surface area contributed by atoms with Gasteiger partial charge in [-0.3, -0.25) is 4.79 Å². The molecule has 0 bridgehead atoms. The summed E-state index contributed by atoms with van der Waals surface area (Å²) in [5.74, 6) is 0.964. The van der Waals surface area contributed by atoms with Crippen LogP contribution < -0.4 is 10.2 Å². The van der Waals surface area contributed by atoms with Gasteiger partial charge in [-0.15, -0.1) is 10.2 Å². The molecule has 1 unspecified atom stereocenters. The van der Waals surface area contributed by atoms with Crippen molar-refractivity contribution in [1.82, 2.24) is 10.2 Å². The fraction of sp³-hybridized carbons (Fsp3) is 0.286. The van der Waals surface area contributed by atoms with E-state index in [-0.39, 0.29) is 11.9 Å². The summed E-state index contributed by atoms with van der Waals surface area (Å²) in [5, 5.41) is 11.2. The summed E-state index contributed by atoms with van der Waals surface area (Å²) in [6.07, 6.45) is 0. The molecule has 0 aliphatic carbocycles. The number of anilines is 1. The Balaban J connectivity index is 1.62. The number of carbonyl (C=O) groups is 1. The van der Waals surface area contributed by atoms with Crippen LogP contribution in [-0.2, 0) is 4.79 Å². The Morgan fingerprint density at radius 1 is 1.11 bits per heavy atom. The predicted molar refractivity (Wildman–Crippen MR) is 104 cm³/mol. The molecule has 1 amide bonds. The first-order valence-electron chi connectivity index (χ1n) is 9.01. The van der Waals surface area contributed by atoms with E-state index < -0.39 is 0 Å². The van der Waals surface area contributed by atoms with Crippen molar-refractivity contribution in [1.29, 1.82) is 0 Å². The third-order valence-corrected chi connectivity index (χ3v) is 4.59. The Morgan fingerprint density at radius 3 is 2.56 bits per heavy atom. The van der Waals surface area contributed by atoms with Crippen LogP contribution in [0.1, 0.15) is 30.0 Å². The fourth-order valence-corrected chi connectivity index (χ4v) is 2.76. The van der Waals surface area contributed by atoms with Crippen molar-refractivity contribution in [3.8, 4) is 11.5 Å². The van der Waals surface area contributed by atoms with E-state index in [1.165, 1.54) is 0 Å². The number of quaternary nitrogens is 1. The summed E-state index contributed by atoms with van der Waals surface area (Å²) in [5.41, 5.74) is 3.99. The zero-order chi connectivity index (χ0) is 19.4. The smallest absolute Gasteiger partial charge is 0.279 e. The number of nitrogens with zero attached hydrogens (tertiary/aromatic N) is 2. The number of rotatable bonds is 6. The molecule has 27 heavy (non-hydrogen) atoms. The number of hydrogen-bond acceptors (Lipinski definition) is 4. The van der Waals surface area contributed by atoms with Gasteiger partial charge < -0.3 is 14.6 Å². The second kappa shape index (κ2) is 8.14. The molecule has 0 spiro atoms. The standard InChI is InChI=1S/C21H24N4O2/c1-14-8-10-18(11-9-14)22-19(26)13-25(4)16(3)20-23-24-21(27-20)17-7-5-6-15(2)12-17/h5-12,16H,13H2,1-4H3,(H,22,26)/p+1/t16-/m1/s1. The first-order valence-corrected chi connectivity index (χ1v) is 9.01. The van der Waals surface area contributed by atoms with Crippen LogP contribution in [0.15, 0.2) is 52.9 Å². The summed E-state index contributed by atoms with van der Waals surface area (Å²) in [4.78, 5) is 13.3. The molecule has 0 fully saturated rings. The van der Waals surface area contributed by atoms with Gasteiger partial charge in [0.2, 0.25) is 5.89 Å². The van der Waals surface area contributed by atoms with E-state index in [1.807, 2.05) is 76.3 Å². The van der Waals surface area contributed by atoms with E-state index in [0.717, 1.165) is 27.3 Å². The highest BCUT2D eigenvalue weighted by Gasteiger charge is 2.24. The number of benzene rings is 2. The largest absolute Gasteiger partial charge is 0.415 e. The number of aromatic nitrogens is 2. The predicted octanol–water partition coefficient (Wildman–Crippen LogP) is 2.57. The van der Waals surface area contributed by atoms with Crippen LogP contribution in [0.5, 0.6) is 0 Å². The normalized spacial score (nSPS) is 13.2. The van der Waals surface area contributed by atoms with Crippen molar-refractivity contribution in [2.75, 3.05) is 18.9 Å². The van der Waals surface area contributed by atoms with E-state index in [2.05, 4.69) is 15.5 Å². The average molecular weight is 365 g/mol. The maximum absolute atomic E-state index is 12.3. The third kappa shape index (κ3) is 4.80. The van der Waals surface area contributed by atoms with Crippen molar-refractivity contribution >= 4 is 11.6 Å². The van der Waals surface area contributed by atoms with Gasteiger partial charge in [-0.05, 0) is 45.0 Å². The molecule has 0 radical (unpaired) electrons. The minimum Gasteiger partial charge on any atom is -0.415 e. The third-order valence-electron chi connectivity index (χ3n) is 4.59. The quantitative estimate of drug-likeness (QED) is 0.704. The summed E-state index contributed by atoms with van der Waals surface area (Å²) >= 11 is 0. The van der Waals surface area contributed by atoms with Crippen molar-refractivity contribution in [3.05, 3.63) is 65.5 Å². The summed E-state index contributed by atoms with van der Waals surface area (Å²) in [7, 11) is 1.94. The monoisotopic (exact) mass is 365 g/mol. The minimum atomic E-state index is -0.0974. The van der Waals surface area contributed by atoms with E-state index in [4.69, 9.17) is 4.42 Å². The lowest BCUT2D eigenvalue weighted by molar-refractivity contribution is -0.903. The molecule has 6 heteroatoms. The minimum absolute atomic E-state index is 0.0540. The maximum Gasteiger partial charge on any atom is 0.279 e. The van der Waals surface area contributed by atoms with Crippen molar-refractivity contribution in [2.45, 2.75) is 26.8 Å². The molecule has 140 valence electrons. The fourth-order valence-electron chi connectivity index (χ4n) is 2.76. The summed E-state index contributed by atoms with van der Waals surface area (Å²) in [6.45, 7) is 6.31. The molecular weight excluding hydrogens is 340 g/mol. The number of carbonyl (C=O) groups excluding carboxylic acids is 1. The molecule has 1 aromatic heterocycles. The van der Waals surface area contributed by atoms with E-state index in [0.29, 0.717) is 18.3 Å². The molecule has 6 nitrogen and oxygen atoms in total. The van der Waals surface area contributed by atoms with Crippen LogP contribution in [-0.4, -0.2) is 29.7 Å². The Hall–Kier alpha value is -2.99. The van der Waals surface area contributed by atoms with Gasteiger partial charge in [0.05, 0.1) is 7.05 Å². The molecule has 2 atom stereocenters. The molecule has 2 N–H and O–H groups in total. The average Bonchev–Trinajstić information content (AvgIpc) is 3.13. The number of aryl methyl sites for hydroxylation is 2. The lowest BCUT2D eigenvalue weighted by Crippen LogP contribution is -3.10. The number of likely N-dealkylation sites (N-methyl/N-ethyl adjacent to an activating group) is 1. The van der Waals surface area contributed by atoms with E-state index in [1.54, 1.807) is 0 Å². The van der Waals surface area contributed by atoms with Gasteiger partial charge in [-0.1, -0.05) is 35.4 Å². The highest BCUT2D eigenvalue weighted by molar-refractivity contribution is 5.91. The van der Waals surface area contributed by atoms with E-state index >= 15 is 0 Å². The van der Waals surface area contributed by atoms with Gasteiger partial charge >= 0.3 is 0 Å². The van der Waals surface area contributed by atoms with Crippen molar-refractivity contribution < 1.29 is 14.1 Å². The molecule has 3 rings (SSSR count). The Labute approximate surface area is 159 Å². The van der Waals surface area contributed by atoms with Crippen LogP contribution in [0.2, 0.25) is 0 Å². The highest BCUT2D eigenvalue weighted by atomic mass is 16.4. The molecule has 2 aromatic carbocycles. The van der Waals surface area contributed by atoms with Crippen LogP contribution in [0.3, 0.4) is 0 Å². The van der Waals surface area contributed by atoms with Gasteiger partial charge in [-0.25, -0.2) is 0 Å². The number of hydrogen-bond donors (Lipinski definition) is 2. The summed E-state index contributed by atoms with van der Waals surface area (Å²) < 4.78 is 5.85. The topological polar surface area (TPSA) is 72.5 Å². The molecule has 0 saturated carbocycles. The summed E-state index contributed by atoms with van der Waals surface area (Å²) in [6, 6.07) is 15.6. The van der Waals surface area contributed by atoms with Crippen LogP contribution in [0.4, 0.5) is 5.69 Å². The van der Waals surface area contributed by atoms with Crippen LogP contribution in [0, 0.1) is 13.8 Å². The second-order valence-electron chi connectivity index (χ2n) is 6.97. The van der Waals surface area contributed by atoms with Crippen molar-refractivity contribution in [2.24, 2.45) is 0 Å². The number of amides is 1. The van der Waals surface area contributed by atoms with Gasteiger partial charge in [0.15, 0.2) is 12.6 Å². The van der Waals surface area contributed by atoms with Crippen LogP contribution >= 0.6 is 0 Å². The SMILES string of the molecule is Cc1ccc(NC(=O)C[NH+](C)[C@H](C)c2nnc(-c3cccc(C)c3)o2)cc1. The molecule has 1 heterocycles. The zero-order valence-corrected chi connectivity index (χ0v) is 16.1. The van der Waals surface area contributed by atoms with Crippen LogP contribution in [0.25, 0.3) is 11.5 Å². The Kier molecular flexibility index (Phi) is 5.66. The van der Waals surface area contributed by atoms with Gasteiger partial charge in [-0.2, -0.15) is 0 Å². The first-order chi connectivity index (χ1) is 12.9. The maximum atomic E-state index is 12.3. The lowest BCUT2D eigenvalue weighted by atomic mass is 10.1. The molecule has 3 aromatic rings. The van der Waals surface area contributed by atoms with Crippen molar-refractivity contribution in [3.63, 3.8) is 0 Å². The number of nitrogens with one attached hydrogen (secondary N) is 2. The van der Waals surface area contributed by atoms with Gasteiger partial charge in [0.25, 0.3) is 11.8 Å². The lowest BCUT2D eigenvalue weighted by Gasteiger charge is -2.18. The molecule has 0 aliphatic heterocycles. The molecule has 0 saturated heterocycles. The van der Waals surface area contributed by atoms with Gasteiger partial charge in [0.1, 0.15) is 0 Å². The molecular formula is C21H25N4O2+. The highest BCUT2D eigenvalue weighted by Crippen LogP contribution is 2.20. The second-order valence-corrected chi connectivity index (χ2v) is 6.97. The first kappa shape index (κ1) is 18.8. The molecule has 0 aliphatic rings. The Morgan fingerprint density at radius 2 is 1.85 bits per heavy atom. The van der Waals surface area contributed by atoms with Gasteiger partial charge in [0, 0.05) is 11.3 Å². The van der Waals surface area contributed by atoms with E-state index in [9.17, 15) is 4.79 Å².